The number of aliphatic hydroxyl groups excluding tert-OH is 1. The molecule has 2 aromatic heterocycles. The van der Waals surface area contributed by atoms with Crippen LogP contribution < -0.4 is 9.80 Å². The zero-order valence-corrected chi connectivity index (χ0v) is 27.1. The van der Waals surface area contributed by atoms with Crippen LogP contribution in [0.2, 0.25) is 0 Å². The number of piperazine rings is 1. The van der Waals surface area contributed by atoms with Gasteiger partial charge in [0.25, 0.3) is 0 Å². The fraction of sp³-hybridized carbons (Fsp3) is 0.333. The van der Waals surface area contributed by atoms with E-state index in [-0.39, 0.29) is 0 Å². The largest absolute Gasteiger partial charge is 0.388 e. The molecule has 1 saturated heterocycles. The Kier molecular flexibility index (Phi) is 9.66. The number of benzene rings is 3. The minimum Gasteiger partial charge on any atom is -0.388 e. The van der Waals surface area contributed by atoms with Gasteiger partial charge in [0.15, 0.2) is 5.60 Å². The summed E-state index contributed by atoms with van der Waals surface area (Å²) in [5.74, 6) is -6.05. The van der Waals surface area contributed by atoms with Crippen molar-refractivity contribution in [3.05, 3.63) is 120 Å². The summed E-state index contributed by atoms with van der Waals surface area (Å²) in [6.45, 7) is 6.54. The molecule has 49 heavy (non-hydrogen) atoms. The lowest BCUT2D eigenvalue weighted by molar-refractivity contribution is -0.207. The van der Waals surface area contributed by atoms with E-state index in [0.717, 1.165) is 84.3 Å². The quantitative estimate of drug-likeness (QED) is 0.162. The van der Waals surface area contributed by atoms with E-state index in [1.807, 2.05) is 36.4 Å². The lowest BCUT2D eigenvalue weighted by Crippen LogP contribution is -2.48. The molecule has 3 heterocycles. The first kappa shape index (κ1) is 34.0. The molecule has 0 amide bonds. The maximum Gasteiger partial charge on any atom is 0.323 e. The number of aliphatic hydroxyl groups is 2. The van der Waals surface area contributed by atoms with Gasteiger partial charge >= 0.3 is 5.92 Å². The Balaban J connectivity index is 1.13. The van der Waals surface area contributed by atoms with Crippen LogP contribution in [-0.4, -0.2) is 61.6 Å². The fourth-order valence-corrected chi connectivity index (χ4v) is 6.21. The molecule has 2 N–H and O–H groups in total. The van der Waals surface area contributed by atoms with Crippen LogP contribution in [-0.2, 0) is 18.1 Å². The Hall–Kier alpha value is -4.88. The highest BCUT2D eigenvalue weighted by atomic mass is 19.3. The van der Waals surface area contributed by atoms with E-state index < -0.39 is 47.1 Å². The van der Waals surface area contributed by atoms with E-state index in [2.05, 4.69) is 56.3 Å². The highest BCUT2D eigenvalue weighted by Crippen LogP contribution is 2.47. The average molecular weight is 676 g/mol. The number of alkyl halides is 2. The molecule has 0 saturated carbocycles. The molecule has 1 aliphatic rings. The minimum atomic E-state index is -4.14. The van der Waals surface area contributed by atoms with Gasteiger partial charge in [-0.05, 0) is 76.4 Å². The van der Waals surface area contributed by atoms with E-state index >= 15 is 8.78 Å². The summed E-state index contributed by atoms with van der Waals surface area (Å²) in [7, 11) is 0. The second-order valence-corrected chi connectivity index (χ2v) is 12.8. The number of anilines is 2. The third kappa shape index (κ3) is 7.13. The van der Waals surface area contributed by atoms with Crippen molar-refractivity contribution in [1.82, 2.24) is 25.2 Å². The Morgan fingerprint density at radius 3 is 1.96 bits per heavy atom. The van der Waals surface area contributed by atoms with Crippen molar-refractivity contribution < 1.29 is 27.8 Å². The van der Waals surface area contributed by atoms with Gasteiger partial charge in [-0.15, -0.1) is 5.10 Å². The highest BCUT2D eigenvalue weighted by molar-refractivity contribution is 5.66. The molecule has 6 rings (SSSR count). The van der Waals surface area contributed by atoms with Crippen molar-refractivity contribution in [3.63, 3.8) is 0 Å². The number of hydrogen-bond donors (Lipinski definition) is 2. The first-order valence-corrected chi connectivity index (χ1v) is 16.1. The molecule has 256 valence electrons. The van der Waals surface area contributed by atoms with Gasteiger partial charge in [0.05, 0.1) is 12.6 Å². The minimum absolute atomic E-state index is 0.415. The number of aromatic nitrogens is 5. The van der Waals surface area contributed by atoms with Crippen molar-refractivity contribution in [3.8, 4) is 11.1 Å². The molecular weight excluding hydrogens is 638 g/mol. The Labute approximate surface area is 281 Å². The van der Waals surface area contributed by atoms with Crippen LogP contribution in [0.5, 0.6) is 0 Å². The number of nitrogens with zero attached hydrogens (tertiary/aromatic N) is 7. The number of hydrogen-bond acceptors (Lipinski definition) is 8. The van der Waals surface area contributed by atoms with E-state index in [0.29, 0.717) is 17.5 Å². The SMILES string of the molecule is CC(C)CC(O)c1ccc(N2CCN(c3ccc(-c4ccc(C(F)(F)[C@](O)(Cn5cnnn5)c5ccc(F)cc5F)nc4)cc3)CC2)cc1. The third-order valence-corrected chi connectivity index (χ3v) is 8.95. The predicted octanol–water partition coefficient (Wildman–Crippen LogP) is 6.10. The van der Waals surface area contributed by atoms with Gasteiger partial charge in [-0.25, -0.2) is 13.5 Å². The van der Waals surface area contributed by atoms with Gasteiger partial charge in [0.2, 0.25) is 0 Å². The number of tetrazole rings is 1. The first-order valence-electron chi connectivity index (χ1n) is 16.1. The third-order valence-electron chi connectivity index (χ3n) is 8.95. The van der Waals surface area contributed by atoms with Crippen molar-refractivity contribution >= 4 is 11.4 Å². The van der Waals surface area contributed by atoms with Crippen molar-refractivity contribution in [2.24, 2.45) is 5.92 Å². The van der Waals surface area contributed by atoms with E-state index in [1.54, 1.807) is 0 Å². The van der Waals surface area contributed by atoms with Crippen LogP contribution >= 0.6 is 0 Å². The van der Waals surface area contributed by atoms with Gasteiger partial charge in [-0.2, -0.15) is 8.78 Å². The van der Waals surface area contributed by atoms with Crippen molar-refractivity contribution in [1.29, 1.82) is 0 Å². The molecule has 0 aliphatic carbocycles. The Morgan fingerprint density at radius 2 is 1.43 bits per heavy atom. The lowest BCUT2D eigenvalue weighted by atomic mass is 9.84. The molecule has 5 aromatic rings. The summed E-state index contributed by atoms with van der Waals surface area (Å²) in [5.41, 5.74) is -0.461. The molecule has 0 spiro atoms. The molecule has 0 bridgehead atoms. The van der Waals surface area contributed by atoms with Gasteiger partial charge in [0.1, 0.15) is 23.7 Å². The predicted molar refractivity (Wildman–Crippen MR) is 177 cm³/mol. The molecule has 13 heteroatoms. The molecule has 1 fully saturated rings. The molecule has 9 nitrogen and oxygen atoms in total. The van der Waals surface area contributed by atoms with Crippen molar-refractivity contribution in [2.75, 3.05) is 36.0 Å². The van der Waals surface area contributed by atoms with Gasteiger partial charge in [-0.1, -0.05) is 44.2 Å². The van der Waals surface area contributed by atoms with Crippen LogP contribution in [0.4, 0.5) is 28.9 Å². The zero-order chi connectivity index (χ0) is 34.8. The van der Waals surface area contributed by atoms with Crippen LogP contribution in [0.3, 0.4) is 0 Å². The molecule has 3 aromatic carbocycles. The second kappa shape index (κ2) is 13.9. The summed E-state index contributed by atoms with van der Waals surface area (Å²) in [6.07, 6.45) is 2.53. The summed E-state index contributed by atoms with van der Waals surface area (Å²) >= 11 is 0. The van der Waals surface area contributed by atoms with Gasteiger partial charge in [-0.3, -0.25) is 4.98 Å². The van der Waals surface area contributed by atoms with E-state index in [9.17, 15) is 19.0 Å². The molecule has 2 atom stereocenters. The highest BCUT2D eigenvalue weighted by Gasteiger charge is 2.58. The van der Waals surface area contributed by atoms with Crippen LogP contribution in [0.15, 0.2) is 91.4 Å². The number of pyridine rings is 1. The fourth-order valence-electron chi connectivity index (χ4n) is 6.21. The molecular formula is C36H37F4N7O2. The first-order chi connectivity index (χ1) is 23.4. The average Bonchev–Trinajstić information content (AvgIpc) is 3.61. The number of rotatable bonds is 11. The summed E-state index contributed by atoms with van der Waals surface area (Å²) in [6, 6.07) is 20.4. The topological polar surface area (TPSA) is 103 Å². The monoisotopic (exact) mass is 675 g/mol. The lowest BCUT2D eigenvalue weighted by Gasteiger charge is -2.37. The van der Waals surface area contributed by atoms with Crippen LogP contribution in [0.1, 0.15) is 43.2 Å². The van der Waals surface area contributed by atoms with Crippen LogP contribution in [0, 0.1) is 17.6 Å². The smallest absolute Gasteiger partial charge is 0.323 e. The number of halogens is 4. The molecule has 1 unspecified atom stereocenters. The standard InChI is InChI=1S/C36H37F4N7O2/c1-24(2)19-33(48)26-5-11-30(12-6-26)46-17-15-45(16-18-46)29-9-3-25(4-10-29)27-7-14-34(41-21-27)36(39,40)35(49,22-47-23-42-43-44-47)31-13-8-28(37)20-32(31)38/h3-14,20-21,23-24,33,48-49H,15-19,22H2,1-2H3/t33?,35-/m0/s1. The normalized spacial score (nSPS) is 15.8. The molecule has 1 aliphatic heterocycles. The summed E-state index contributed by atoms with van der Waals surface area (Å²) in [4.78, 5) is 8.58. The zero-order valence-electron chi connectivity index (χ0n) is 27.1. The summed E-state index contributed by atoms with van der Waals surface area (Å²) < 4.78 is 61.5. The van der Waals surface area contributed by atoms with E-state index in [1.165, 1.54) is 12.3 Å². The maximum absolute atomic E-state index is 16.1. The van der Waals surface area contributed by atoms with Gasteiger partial charge in [0, 0.05) is 60.9 Å². The maximum atomic E-state index is 16.1. The van der Waals surface area contributed by atoms with Crippen molar-refractivity contribution in [2.45, 2.75) is 44.4 Å². The Morgan fingerprint density at radius 1 is 0.816 bits per heavy atom. The molecule has 0 radical (unpaired) electrons. The summed E-state index contributed by atoms with van der Waals surface area (Å²) in [5, 5.41) is 32.2. The van der Waals surface area contributed by atoms with Gasteiger partial charge < -0.3 is 20.0 Å². The van der Waals surface area contributed by atoms with Crippen LogP contribution in [0.25, 0.3) is 11.1 Å². The van der Waals surface area contributed by atoms with E-state index in [4.69, 9.17) is 0 Å². The Bertz CT molecular complexity index is 1830. The second-order valence-electron chi connectivity index (χ2n) is 12.8.